The smallest absolute Gasteiger partial charge is 0.128 e. The Morgan fingerprint density at radius 3 is 2.75 bits per heavy atom. The molecule has 0 aromatic heterocycles. The molecule has 2 atom stereocenters. The van der Waals surface area contributed by atoms with Crippen molar-refractivity contribution in [2.75, 3.05) is 11.9 Å². The van der Waals surface area contributed by atoms with Crippen molar-refractivity contribution in [3.05, 3.63) is 59.9 Å². The van der Waals surface area contributed by atoms with Crippen LogP contribution < -0.4 is 10.1 Å². The number of ether oxygens (including phenoxy) is 1. The molecule has 1 aliphatic heterocycles. The number of nitriles is 1. The van der Waals surface area contributed by atoms with E-state index in [1.165, 1.54) is 17.7 Å². The minimum Gasteiger partial charge on any atom is -0.491 e. The maximum absolute atomic E-state index is 13.5. The summed E-state index contributed by atoms with van der Waals surface area (Å²) in [4.78, 5) is 2.39. The van der Waals surface area contributed by atoms with Crippen molar-refractivity contribution >= 4 is 5.69 Å². The average Bonchev–Trinajstić information content (AvgIpc) is 2.64. The van der Waals surface area contributed by atoms with Gasteiger partial charge in [-0.05, 0) is 69.5 Å². The maximum atomic E-state index is 13.5. The summed E-state index contributed by atoms with van der Waals surface area (Å²) >= 11 is 0. The first-order valence-corrected chi connectivity index (χ1v) is 9.84. The second kappa shape index (κ2) is 8.62. The molecular formula is C23H28FN3O. The number of anilines is 1. The molecule has 5 heteroatoms. The molecule has 4 nitrogen and oxygen atoms in total. The third-order valence-corrected chi connectivity index (χ3v) is 5.17. The van der Waals surface area contributed by atoms with Crippen LogP contribution in [0.2, 0.25) is 0 Å². The molecule has 0 spiro atoms. The fraction of sp³-hybridized carbons (Fsp3) is 0.435. The molecule has 2 aromatic carbocycles. The van der Waals surface area contributed by atoms with Gasteiger partial charge >= 0.3 is 0 Å². The first kappa shape index (κ1) is 20.2. The van der Waals surface area contributed by atoms with Gasteiger partial charge < -0.3 is 10.1 Å². The Morgan fingerprint density at radius 2 is 2.07 bits per heavy atom. The van der Waals surface area contributed by atoms with E-state index in [0.29, 0.717) is 18.5 Å². The predicted octanol–water partition coefficient (Wildman–Crippen LogP) is 4.97. The van der Waals surface area contributed by atoms with Crippen LogP contribution in [0.25, 0.3) is 0 Å². The van der Waals surface area contributed by atoms with Crippen molar-refractivity contribution in [1.29, 1.82) is 5.26 Å². The van der Waals surface area contributed by atoms with Gasteiger partial charge in [0, 0.05) is 24.8 Å². The molecule has 0 amide bonds. The minimum atomic E-state index is -0.674. The van der Waals surface area contributed by atoms with Crippen LogP contribution in [0.1, 0.15) is 39.2 Å². The molecule has 0 aliphatic carbocycles. The third-order valence-electron chi connectivity index (χ3n) is 5.17. The number of piperidine rings is 1. The van der Waals surface area contributed by atoms with Crippen LogP contribution in [0.5, 0.6) is 5.75 Å². The summed E-state index contributed by atoms with van der Waals surface area (Å²) in [5.74, 6) is 0.586. The number of hydrogen-bond acceptors (Lipinski definition) is 4. The fourth-order valence-electron chi connectivity index (χ4n) is 3.83. The monoisotopic (exact) mass is 381 g/mol. The summed E-state index contributed by atoms with van der Waals surface area (Å²) in [6.45, 7) is 7.80. The van der Waals surface area contributed by atoms with E-state index in [0.717, 1.165) is 18.8 Å². The van der Waals surface area contributed by atoms with Crippen molar-refractivity contribution in [3.8, 4) is 11.8 Å². The van der Waals surface area contributed by atoms with Gasteiger partial charge in [-0.15, -0.1) is 0 Å². The van der Waals surface area contributed by atoms with Gasteiger partial charge in [-0.3, -0.25) is 4.90 Å². The molecule has 0 radical (unpaired) electrons. The lowest BCUT2D eigenvalue weighted by Crippen LogP contribution is -2.52. The molecule has 0 bridgehead atoms. The van der Waals surface area contributed by atoms with Crippen LogP contribution in [-0.4, -0.2) is 29.1 Å². The third kappa shape index (κ3) is 5.02. The fourth-order valence-corrected chi connectivity index (χ4v) is 3.83. The summed E-state index contributed by atoms with van der Waals surface area (Å²) in [5.41, 5.74) is 1.18. The number of rotatable bonds is 6. The second-order valence-corrected chi connectivity index (χ2v) is 7.92. The first-order valence-electron chi connectivity index (χ1n) is 9.84. The van der Waals surface area contributed by atoms with Gasteiger partial charge in [0.15, 0.2) is 0 Å². The van der Waals surface area contributed by atoms with Gasteiger partial charge in [0.25, 0.3) is 0 Å². The number of halogens is 1. The number of benzene rings is 2. The Bertz CT molecular complexity index is 848. The molecule has 1 aliphatic rings. The van der Waals surface area contributed by atoms with Crippen LogP contribution >= 0.6 is 0 Å². The second-order valence-electron chi connectivity index (χ2n) is 7.92. The number of likely N-dealkylation sites (tertiary alicyclic amines) is 1. The summed E-state index contributed by atoms with van der Waals surface area (Å²) in [7, 11) is 0. The molecule has 0 unspecified atom stereocenters. The van der Waals surface area contributed by atoms with Gasteiger partial charge in [0.2, 0.25) is 0 Å². The Morgan fingerprint density at radius 1 is 1.29 bits per heavy atom. The van der Waals surface area contributed by atoms with Gasteiger partial charge in [-0.2, -0.15) is 5.26 Å². The summed E-state index contributed by atoms with van der Waals surface area (Å²) in [5, 5.41) is 13.1. The lowest BCUT2D eigenvalue weighted by Gasteiger charge is -2.42. The Hall–Kier alpha value is -2.58. The van der Waals surface area contributed by atoms with Crippen LogP contribution in [-0.2, 0) is 6.54 Å². The van der Waals surface area contributed by atoms with Crippen LogP contribution in [0.15, 0.2) is 48.5 Å². The average molecular weight is 381 g/mol. The topological polar surface area (TPSA) is 48.3 Å². The SMILES string of the molecule is CC(C)Oc1cccc(CN2CC[C@@](C#N)(Nc3cccc(F)c3)C[C@@H]2C)c1. The van der Waals surface area contributed by atoms with E-state index in [-0.39, 0.29) is 18.0 Å². The zero-order valence-electron chi connectivity index (χ0n) is 16.8. The Kier molecular flexibility index (Phi) is 6.21. The zero-order chi connectivity index (χ0) is 20.1. The molecule has 1 heterocycles. The van der Waals surface area contributed by atoms with E-state index in [2.05, 4.69) is 35.3 Å². The summed E-state index contributed by atoms with van der Waals surface area (Å²) in [6, 6.07) is 17.2. The van der Waals surface area contributed by atoms with Crippen LogP contribution in [0.3, 0.4) is 0 Å². The normalized spacial score (nSPS) is 22.6. The maximum Gasteiger partial charge on any atom is 0.128 e. The molecule has 2 aromatic rings. The van der Waals surface area contributed by atoms with Crippen LogP contribution in [0, 0.1) is 17.1 Å². The lowest BCUT2D eigenvalue weighted by molar-refractivity contribution is 0.126. The molecule has 1 fully saturated rings. The largest absolute Gasteiger partial charge is 0.491 e. The van der Waals surface area contributed by atoms with Gasteiger partial charge in [0.05, 0.1) is 12.2 Å². The molecule has 1 saturated heterocycles. The number of nitrogens with zero attached hydrogens (tertiary/aromatic N) is 2. The van der Waals surface area contributed by atoms with Crippen molar-refractivity contribution < 1.29 is 9.13 Å². The molecule has 148 valence electrons. The van der Waals surface area contributed by atoms with E-state index in [9.17, 15) is 9.65 Å². The molecular weight excluding hydrogens is 353 g/mol. The number of nitrogens with one attached hydrogen (secondary N) is 1. The zero-order valence-corrected chi connectivity index (χ0v) is 16.8. The highest BCUT2D eigenvalue weighted by Crippen LogP contribution is 2.31. The van der Waals surface area contributed by atoms with E-state index < -0.39 is 5.54 Å². The highest BCUT2D eigenvalue weighted by molar-refractivity contribution is 5.48. The van der Waals surface area contributed by atoms with Crippen LogP contribution in [0.4, 0.5) is 10.1 Å². The van der Waals surface area contributed by atoms with Gasteiger partial charge in [0.1, 0.15) is 17.1 Å². The summed E-state index contributed by atoms with van der Waals surface area (Å²) < 4.78 is 19.3. The van der Waals surface area contributed by atoms with Crippen molar-refractivity contribution in [1.82, 2.24) is 4.90 Å². The van der Waals surface area contributed by atoms with E-state index >= 15 is 0 Å². The summed E-state index contributed by atoms with van der Waals surface area (Å²) in [6.07, 6.45) is 1.52. The molecule has 3 rings (SSSR count). The quantitative estimate of drug-likeness (QED) is 0.767. The van der Waals surface area contributed by atoms with Gasteiger partial charge in [-0.25, -0.2) is 4.39 Å². The molecule has 1 N–H and O–H groups in total. The first-order chi connectivity index (χ1) is 13.4. The van der Waals surface area contributed by atoms with Crippen molar-refractivity contribution in [2.24, 2.45) is 0 Å². The minimum absolute atomic E-state index is 0.148. The predicted molar refractivity (Wildman–Crippen MR) is 110 cm³/mol. The lowest BCUT2D eigenvalue weighted by atomic mass is 9.84. The van der Waals surface area contributed by atoms with E-state index in [1.54, 1.807) is 12.1 Å². The van der Waals surface area contributed by atoms with Crippen molar-refractivity contribution in [2.45, 2.75) is 57.8 Å². The number of hydrogen-bond donors (Lipinski definition) is 1. The van der Waals surface area contributed by atoms with E-state index in [4.69, 9.17) is 4.74 Å². The highest BCUT2D eigenvalue weighted by atomic mass is 19.1. The Balaban J connectivity index is 1.66. The van der Waals surface area contributed by atoms with E-state index in [1.807, 2.05) is 26.0 Å². The standard InChI is InChI=1S/C23H28FN3O/c1-17(2)28-22-9-4-6-19(12-22)15-27-11-10-23(16-25,14-18(27)3)26-21-8-5-7-20(24)13-21/h4-9,12-13,17-18,26H,10-11,14-15H2,1-3H3/t18-,23+/m0/s1. The molecule has 28 heavy (non-hydrogen) atoms. The molecule has 0 saturated carbocycles. The highest BCUT2D eigenvalue weighted by Gasteiger charge is 2.38. The Labute approximate surface area is 166 Å². The van der Waals surface area contributed by atoms with Crippen molar-refractivity contribution in [3.63, 3.8) is 0 Å². The van der Waals surface area contributed by atoms with Gasteiger partial charge in [-0.1, -0.05) is 18.2 Å².